The first kappa shape index (κ1) is 9.29. The second-order valence-electron chi connectivity index (χ2n) is 2.18. The Morgan fingerprint density at radius 3 is 2.67 bits per heavy atom. The van der Waals surface area contributed by atoms with E-state index in [1.165, 1.54) is 12.1 Å². The van der Waals surface area contributed by atoms with Gasteiger partial charge in [-0.2, -0.15) is 4.91 Å². The van der Waals surface area contributed by atoms with Crippen LogP contribution in [0.3, 0.4) is 0 Å². The van der Waals surface area contributed by atoms with Crippen molar-refractivity contribution in [1.29, 1.82) is 0 Å². The summed E-state index contributed by atoms with van der Waals surface area (Å²) >= 11 is 11.2. The van der Waals surface area contributed by atoms with E-state index < -0.39 is 0 Å². The number of rotatable bonds is 2. The quantitative estimate of drug-likeness (QED) is 0.756. The Labute approximate surface area is 78.9 Å². The molecule has 3 nitrogen and oxygen atoms in total. The normalized spacial score (nSPS) is 9.83. The van der Waals surface area contributed by atoms with Crippen LogP contribution in [0, 0.1) is 4.91 Å². The number of nitroso groups, excluding NO2 is 1. The van der Waals surface area contributed by atoms with Crippen molar-refractivity contribution >= 4 is 23.2 Å². The lowest BCUT2D eigenvalue weighted by molar-refractivity contribution is 0.468. The smallest absolute Gasteiger partial charge is 0.139 e. The molecule has 0 aliphatic heterocycles. The molecule has 0 radical (unpaired) electrons. The van der Waals surface area contributed by atoms with Crippen LogP contribution >= 0.6 is 23.2 Å². The fourth-order valence-electron chi connectivity index (χ4n) is 0.809. The van der Waals surface area contributed by atoms with E-state index in [9.17, 15) is 10.0 Å². The van der Waals surface area contributed by atoms with E-state index in [2.05, 4.69) is 5.18 Å². The molecule has 1 aromatic rings. The average molecular weight is 206 g/mol. The molecular formula is C7H5Cl2NO2. The van der Waals surface area contributed by atoms with Gasteiger partial charge >= 0.3 is 0 Å². The Bertz CT molecular complexity index is 315. The molecule has 0 aliphatic carbocycles. The van der Waals surface area contributed by atoms with E-state index in [-0.39, 0.29) is 17.3 Å². The van der Waals surface area contributed by atoms with Crippen molar-refractivity contribution in [2.45, 2.75) is 6.54 Å². The first-order valence-corrected chi connectivity index (χ1v) is 3.86. The molecule has 0 amide bonds. The molecule has 0 spiro atoms. The summed E-state index contributed by atoms with van der Waals surface area (Å²) in [5, 5.41) is 12.4. The van der Waals surface area contributed by atoms with Gasteiger partial charge in [-0.1, -0.05) is 28.4 Å². The number of aromatic hydroxyl groups is 1. The van der Waals surface area contributed by atoms with Crippen LogP contribution in [-0.4, -0.2) is 5.11 Å². The Balaban J connectivity index is 3.17. The van der Waals surface area contributed by atoms with Crippen LogP contribution in [0.15, 0.2) is 17.3 Å². The fourth-order valence-corrected chi connectivity index (χ4v) is 1.34. The SMILES string of the molecule is O=NCc1cc(Cl)cc(Cl)c1O. The molecule has 64 valence electrons. The lowest BCUT2D eigenvalue weighted by Gasteiger charge is -2.02. The lowest BCUT2D eigenvalue weighted by Crippen LogP contribution is -1.83. The van der Waals surface area contributed by atoms with Crippen LogP contribution in [0.25, 0.3) is 0 Å². The van der Waals surface area contributed by atoms with Gasteiger partial charge in [-0.3, -0.25) is 0 Å². The van der Waals surface area contributed by atoms with E-state index >= 15 is 0 Å². The standard InChI is InChI=1S/C7H5Cl2NO2/c8-5-1-4(3-10-12)7(11)6(9)2-5/h1-2,11H,3H2. The van der Waals surface area contributed by atoms with Crippen LogP contribution in [0.4, 0.5) is 0 Å². The number of hydrogen-bond donors (Lipinski definition) is 1. The minimum atomic E-state index is -0.138. The minimum absolute atomic E-state index is 0.126. The maximum atomic E-state index is 9.90. The van der Waals surface area contributed by atoms with E-state index in [1.54, 1.807) is 0 Å². The number of phenols is 1. The molecule has 5 heteroatoms. The topological polar surface area (TPSA) is 49.7 Å². The second kappa shape index (κ2) is 3.74. The van der Waals surface area contributed by atoms with Crippen molar-refractivity contribution in [3.05, 3.63) is 32.6 Å². The zero-order valence-electron chi connectivity index (χ0n) is 5.92. The number of phenolic OH excluding ortho intramolecular Hbond substituents is 1. The monoisotopic (exact) mass is 205 g/mol. The molecule has 1 N–H and O–H groups in total. The Kier molecular flexibility index (Phi) is 2.89. The first-order valence-electron chi connectivity index (χ1n) is 3.11. The van der Waals surface area contributed by atoms with Crippen molar-refractivity contribution in [3.63, 3.8) is 0 Å². The van der Waals surface area contributed by atoms with Gasteiger partial charge in [-0.15, -0.1) is 0 Å². The van der Waals surface area contributed by atoms with E-state index in [4.69, 9.17) is 23.2 Å². The third kappa shape index (κ3) is 1.87. The summed E-state index contributed by atoms with van der Waals surface area (Å²) in [7, 11) is 0. The number of nitrogens with zero attached hydrogens (tertiary/aromatic N) is 1. The molecule has 0 unspecified atom stereocenters. The van der Waals surface area contributed by atoms with Crippen LogP contribution in [-0.2, 0) is 6.54 Å². The van der Waals surface area contributed by atoms with Crippen molar-refractivity contribution in [2.24, 2.45) is 5.18 Å². The van der Waals surface area contributed by atoms with Crippen molar-refractivity contribution in [2.75, 3.05) is 0 Å². The van der Waals surface area contributed by atoms with E-state index in [0.717, 1.165) is 0 Å². The molecule has 0 saturated heterocycles. The predicted octanol–water partition coefficient (Wildman–Crippen LogP) is 2.97. The third-order valence-corrected chi connectivity index (χ3v) is 1.85. The molecule has 0 bridgehead atoms. The van der Waals surface area contributed by atoms with Gasteiger partial charge < -0.3 is 5.11 Å². The Morgan fingerprint density at radius 2 is 2.08 bits per heavy atom. The van der Waals surface area contributed by atoms with Crippen molar-refractivity contribution in [3.8, 4) is 5.75 Å². The lowest BCUT2D eigenvalue weighted by atomic mass is 10.2. The molecule has 0 aliphatic rings. The van der Waals surface area contributed by atoms with Crippen LogP contribution < -0.4 is 0 Å². The summed E-state index contributed by atoms with van der Waals surface area (Å²) in [6.45, 7) is -0.133. The van der Waals surface area contributed by atoms with Crippen LogP contribution in [0.1, 0.15) is 5.56 Å². The van der Waals surface area contributed by atoms with Gasteiger partial charge in [-0.25, -0.2) is 0 Å². The molecule has 0 atom stereocenters. The highest BCUT2D eigenvalue weighted by atomic mass is 35.5. The third-order valence-electron chi connectivity index (χ3n) is 1.34. The molecular weight excluding hydrogens is 201 g/mol. The fraction of sp³-hybridized carbons (Fsp3) is 0.143. The largest absolute Gasteiger partial charge is 0.506 e. The summed E-state index contributed by atoms with van der Waals surface area (Å²) in [4.78, 5) is 9.90. The molecule has 0 aromatic heterocycles. The number of halogens is 2. The summed E-state index contributed by atoms with van der Waals surface area (Å²) in [6.07, 6.45) is 0. The molecule has 0 fully saturated rings. The average Bonchev–Trinajstić information content (AvgIpc) is 2.00. The maximum Gasteiger partial charge on any atom is 0.139 e. The maximum absolute atomic E-state index is 9.90. The van der Waals surface area contributed by atoms with Gasteiger partial charge in [0.05, 0.1) is 5.02 Å². The van der Waals surface area contributed by atoms with Crippen LogP contribution in [0.2, 0.25) is 10.0 Å². The molecule has 1 rings (SSSR count). The zero-order chi connectivity index (χ0) is 9.14. The van der Waals surface area contributed by atoms with Gasteiger partial charge in [-0.05, 0) is 12.1 Å². The Morgan fingerprint density at radius 1 is 1.42 bits per heavy atom. The van der Waals surface area contributed by atoms with Gasteiger partial charge in [0.25, 0.3) is 0 Å². The summed E-state index contributed by atoms with van der Waals surface area (Å²) in [5.41, 5.74) is 0.336. The highest BCUT2D eigenvalue weighted by Gasteiger charge is 2.07. The molecule has 0 saturated carbocycles. The molecule has 0 heterocycles. The predicted molar refractivity (Wildman–Crippen MR) is 47.6 cm³/mol. The van der Waals surface area contributed by atoms with Gasteiger partial charge in [0.1, 0.15) is 12.3 Å². The highest BCUT2D eigenvalue weighted by molar-refractivity contribution is 6.35. The Hall–Kier alpha value is -0.800. The summed E-state index contributed by atoms with van der Waals surface area (Å²) in [5.74, 6) is -0.138. The second-order valence-corrected chi connectivity index (χ2v) is 3.03. The van der Waals surface area contributed by atoms with Gasteiger partial charge in [0.2, 0.25) is 0 Å². The zero-order valence-corrected chi connectivity index (χ0v) is 7.43. The first-order chi connectivity index (χ1) is 5.65. The molecule has 1 aromatic carbocycles. The number of hydrogen-bond acceptors (Lipinski definition) is 3. The minimum Gasteiger partial charge on any atom is -0.506 e. The van der Waals surface area contributed by atoms with Gasteiger partial charge in [0, 0.05) is 10.6 Å². The summed E-state index contributed by atoms with van der Waals surface area (Å²) in [6, 6.07) is 2.84. The number of benzene rings is 1. The van der Waals surface area contributed by atoms with Crippen LogP contribution in [0.5, 0.6) is 5.75 Å². The summed E-state index contributed by atoms with van der Waals surface area (Å²) < 4.78 is 0. The van der Waals surface area contributed by atoms with Crippen molar-refractivity contribution in [1.82, 2.24) is 0 Å². The van der Waals surface area contributed by atoms with E-state index in [1.807, 2.05) is 0 Å². The molecule has 12 heavy (non-hydrogen) atoms. The highest BCUT2D eigenvalue weighted by Crippen LogP contribution is 2.31. The van der Waals surface area contributed by atoms with Crippen molar-refractivity contribution < 1.29 is 5.11 Å². The van der Waals surface area contributed by atoms with Gasteiger partial charge in [0.15, 0.2) is 0 Å². The van der Waals surface area contributed by atoms with E-state index in [0.29, 0.717) is 10.6 Å².